The van der Waals surface area contributed by atoms with Crippen molar-refractivity contribution >= 4 is 22.1 Å². The van der Waals surface area contributed by atoms with Crippen molar-refractivity contribution in [3.63, 3.8) is 0 Å². The number of imidazole rings is 2. The van der Waals surface area contributed by atoms with Crippen LogP contribution in [-0.4, -0.2) is 37.3 Å². The standard InChI is InChI=1S/C29H33N5O2/c1-3-5-18-35-20-33-26-16-9-7-12-22(26)31-28(33)24-14-11-15-25(30-24)29-32-23-13-8-10-17-27(23)34(29)21-36-19-6-4-2/h7-17H,3-6,18-21H2,1-2H3. The van der Waals surface area contributed by atoms with Crippen molar-refractivity contribution in [1.82, 2.24) is 24.1 Å². The van der Waals surface area contributed by atoms with Crippen molar-refractivity contribution in [3.8, 4) is 23.0 Å². The van der Waals surface area contributed by atoms with Crippen LogP contribution in [0.3, 0.4) is 0 Å². The maximum Gasteiger partial charge on any atom is 0.161 e. The minimum absolute atomic E-state index is 0.436. The van der Waals surface area contributed by atoms with Gasteiger partial charge in [-0.2, -0.15) is 0 Å². The Labute approximate surface area is 211 Å². The van der Waals surface area contributed by atoms with E-state index in [4.69, 9.17) is 24.4 Å². The molecule has 0 spiro atoms. The monoisotopic (exact) mass is 483 g/mol. The summed E-state index contributed by atoms with van der Waals surface area (Å²) in [6.07, 6.45) is 4.27. The summed E-state index contributed by atoms with van der Waals surface area (Å²) in [5.41, 5.74) is 5.49. The third-order valence-electron chi connectivity index (χ3n) is 6.24. The van der Waals surface area contributed by atoms with Gasteiger partial charge in [-0.3, -0.25) is 9.13 Å². The van der Waals surface area contributed by atoms with Crippen LogP contribution in [0.15, 0.2) is 66.7 Å². The van der Waals surface area contributed by atoms with Gasteiger partial charge in [0.2, 0.25) is 0 Å². The minimum atomic E-state index is 0.436. The molecule has 0 radical (unpaired) electrons. The van der Waals surface area contributed by atoms with Crippen LogP contribution >= 0.6 is 0 Å². The lowest BCUT2D eigenvalue weighted by Gasteiger charge is -2.12. The van der Waals surface area contributed by atoms with Crippen LogP contribution < -0.4 is 0 Å². The van der Waals surface area contributed by atoms with Crippen molar-refractivity contribution in [1.29, 1.82) is 0 Å². The fraction of sp³-hybridized carbons (Fsp3) is 0.345. The van der Waals surface area contributed by atoms with Crippen LogP contribution in [0.2, 0.25) is 0 Å². The van der Waals surface area contributed by atoms with Gasteiger partial charge in [-0.1, -0.05) is 57.0 Å². The van der Waals surface area contributed by atoms with Gasteiger partial charge in [0.15, 0.2) is 11.6 Å². The van der Waals surface area contributed by atoms with Crippen molar-refractivity contribution < 1.29 is 9.47 Å². The van der Waals surface area contributed by atoms with E-state index in [1.165, 1.54) is 0 Å². The summed E-state index contributed by atoms with van der Waals surface area (Å²) in [6, 6.07) is 22.3. The summed E-state index contributed by atoms with van der Waals surface area (Å²) in [4.78, 5) is 14.9. The molecule has 36 heavy (non-hydrogen) atoms. The van der Waals surface area contributed by atoms with Gasteiger partial charge in [0.05, 0.1) is 22.1 Å². The lowest BCUT2D eigenvalue weighted by atomic mass is 10.2. The van der Waals surface area contributed by atoms with E-state index in [1.54, 1.807) is 0 Å². The summed E-state index contributed by atoms with van der Waals surface area (Å²) in [5.74, 6) is 1.58. The molecule has 186 valence electrons. The highest BCUT2D eigenvalue weighted by molar-refractivity contribution is 5.81. The Morgan fingerprint density at radius 3 is 1.53 bits per heavy atom. The third kappa shape index (κ3) is 5.03. The lowest BCUT2D eigenvalue weighted by Crippen LogP contribution is -2.08. The molecule has 3 heterocycles. The quantitative estimate of drug-likeness (QED) is 0.186. The molecule has 0 bridgehead atoms. The molecule has 0 N–H and O–H groups in total. The number of para-hydroxylation sites is 4. The topological polar surface area (TPSA) is 67.0 Å². The van der Waals surface area contributed by atoms with Gasteiger partial charge in [0.25, 0.3) is 0 Å². The lowest BCUT2D eigenvalue weighted by molar-refractivity contribution is 0.0783. The molecule has 0 aliphatic heterocycles. The second kappa shape index (κ2) is 11.5. The molecule has 0 aliphatic rings. The molecular formula is C29H33N5O2. The van der Waals surface area contributed by atoms with Crippen LogP contribution in [0, 0.1) is 0 Å². The number of hydrogen-bond acceptors (Lipinski definition) is 5. The number of nitrogens with zero attached hydrogens (tertiary/aromatic N) is 5. The van der Waals surface area contributed by atoms with E-state index in [0.29, 0.717) is 13.5 Å². The van der Waals surface area contributed by atoms with Crippen molar-refractivity contribution in [2.24, 2.45) is 0 Å². The number of unbranched alkanes of at least 4 members (excludes halogenated alkanes) is 2. The van der Waals surface area contributed by atoms with Gasteiger partial charge in [0.1, 0.15) is 24.8 Å². The van der Waals surface area contributed by atoms with E-state index < -0.39 is 0 Å². The van der Waals surface area contributed by atoms with E-state index >= 15 is 0 Å². The largest absolute Gasteiger partial charge is 0.361 e. The number of fused-ring (bicyclic) bond motifs is 2. The first-order valence-corrected chi connectivity index (χ1v) is 12.8. The molecule has 0 saturated heterocycles. The van der Waals surface area contributed by atoms with Crippen LogP contribution in [0.5, 0.6) is 0 Å². The highest BCUT2D eigenvalue weighted by atomic mass is 16.5. The number of rotatable bonds is 12. The van der Waals surface area contributed by atoms with E-state index in [1.807, 2.05) is 54.6 Å². The second-order valence-electron chi connectivity index (χ2n) is 8.89. The maximum atomic E-state index is 5.99. The Morgan fingerprint density at radius 1 is 0.583 bits per heavy atom. The summed E-state index contributed by atoms with van der Waals surface area (Å²) in [7, 11) is 0. The number of ether oxygens (including phenoxy) is 2. The molecule has 0 fully saturated rings. The SMILES string of the molecule is CCCCOCn1c(-c2cccc(-c3nc4ccccc4n3COCCCC)n2)nc2ccccc21. The molecule has 0 atom stereocenters. The van der Waals surface area contributed by atoms with E-state index in [9.17, 15) is 0 Å². The van der Waals surface area contributed by atoms with Crippen molar-refractivity contribution in [3.05, 3.63) is 66.7 Å². The summed E-state index contributed by atoms with van der Waals surface area (Å²) < 4.78 is 16.2. The van der Waals surface area contributed by atoms with Crippen LogP contribution in [-0.2, 0) is 22.9 Å². The average molecular weight is 484 g/mol. The number of pyridine rings is 1. The summed E-state index contributed by atoms with van der Waals surface area (Å²) >= 11 is 0. The maximum absolute atomic E-state index is 5.99. The number of hydrogen-bond donors (Lipinski definition) is 0. The first kappa shape index (κ1) is 24.2. The fourth-order valence-electron chi connectivity index (χ4n) is 4.29. The summed E-state index contributed by atoms with van der Waals surface area (Å²) in [6.45, 7) is 6.64. The molecule has 2 aromatic carbocycles. The van der Waals surface area contributed by atoms with Gasteiger partial charge in [-0.05, 0) is 49.2 Å². The predicted molar refractivity (Wildman–Crippen MR) is 143 cm³/mol. The molecule has 7 heteroatoms. The van der Waals surface area contributed by atoms with E-state index in [-0.39, 0.29) is 0 Å². The average Bonchev–Trinajstić information content (AvgIpc) is 3.48. The zero-order valence-corrected chi connectivity index (χ0v) is 21.1. The molecule has 7 nitrogen and oxygen atoms in total. The Balaban J connectivity index is 1.54. The molecular weight excluding hydrogens is 450 g/mol. The van der Waals surface area contributed by atoms with E-state index in [2.05, 4.69) is 35.1 Å². The molecule has 3 aromatic heterocycles. The molecule has 0 unspecified atom stereocenters. The highest BCUT2D eigenvalue weighted by Gasteiger charge is 2.18. The fourth-order valence-corrected chi connectivity index (χ4v) is 4.29. The van der Waals surface area contributed by atoms with Crippen LogP contribution in [0.25, 0.3) is 45.1 Å². The number of aromatic nitrogens is 5. The van der Waals surface area contributed by atoms with Gasteiger partial charge in [-0.25, -0.2) is 15.0 Å². The molecule has 0 saturated carbocycles. The van der Waals surface area contributed by atoms with Gasteiger partial charge in [0, 0.05) is 13.2 Å². The first-order chi connectivity index (χ1) is 17.8. The van der Waals surface area contributed by atoms with Crippen LogP contribution in [0.1, 0.15) is 39.5 Å². The van der Waals surface area contributed by atoms with E-state index in [0.717, 1.165) is 84.0 Å². The zero-order chi connectivity index (χ0) is 24.7. The number of benzene rings is 2. The smallest absolute Gasteiger partial charge is 0.161 e. The second-order valence-corrected chi connectivity index (χ2v) is 8.89. The molecule has 5 aromatic rings. The first-order valence-electron chi connectivity index (χ1n) is 12.8. The van der Waals surface area contributed by atoms with Gasteiger partial charge in [-0.15, -0.1) is 0 Å². The Bertz CT molecular complexity index is 1330. The van der Waals surface area contributed by atoms with Crippen molar-refractivity contribution in [2.75, 3.05) is 13.2 Å². The minimum Gasteiger partial charge on any atom is -0.361 e. The Hall–Kier alpha value is -3.55. The molecule has 0 amide bonds. The van der Waals surface area contributed by atoms with Gasteiger partial charge < -0.3 is 9.47 Å². The van der Waals surface area contributed by atoms with Gasteiger partial charge >= 0.3 is 0 Å². The zero-order valence-electron chi connectivity index (χ0n) is 21.1. The molecule has 0 aliphatic carbocycles. The Morgan fingerprint density at radius 2 is 1.06 bits per heavy atom. The highest BCUT2D eigenvalue weighted by Crippen LogP contribution is 2.28. The normalized spacial score (nSPS) is 11.6. The molecule has 5 rings (SSSR count). The summed E-state index contributed by atoms with van der Waals surface area (Å²) in [5, 5.41) is 0. The Kier molecular flexibility index (Phi) is 7.69. The third-order valence-corrected chi connectivity index (χ3v) is 6.24. The predicted octanol–water partition coefficient (Wildman–Crippen LogP) is 6.66. The van der Waals surface area contributed by atoms with Crippen LogP contribution in [0.4, 0.5) is 0 Å². The van der Waals surface area contributed by atoms with Crippen molar-refractivity contribution in [2.45, 2.75) is 53.0 Å².